The van der Waals surface area contributed by atoms with Gasteiger partial charge in [0.1, 0.15) is 11.6 Å². The van der Waals surface area contributed by atoms with Crippen molar-refractivity contribution in [3.63, 3.8) is 0 Å². The first-order chi connectivity index (χ1) is 13.6. The Morgan fingerprint density at radius 2 is 1.50 bits per heavy atom. The minimum atomic E-state index is -0.202. The Labute approximate surface area is 164 Å². The van der Waals surface area contributed by atoms with E-state index in [4.69, 9.17) is 4.98 Å². The number of benzene rings is 2. The van der Waals surface area contributed by atoms with E-state index in [2.05, 4.69) is 46.1 Å². The summed E-state index contributed by atoms with van der Waals surface area (Å²) in [4.78, 5) is 13.6. The van der Waals surface area contributed by atoms with Crippen molar-refractivity contribution in [3.8, 4) is 0 Å². The maximum absolute atomic E-state index is 13.1. The van der Waals surface area contributed by atoms with Crippen LogP contribution in [-0.2, 0) is 0 Å². The van der Waals surface area contributed by atoms with Crippen molar-refractivity contribution in [1.29, 1.82) is 0 Å². The van der Waals surface area contributed by atoms with Gasteiger partial charge in [0.15, 0.2) is 0 Å². The van der Waals surface area contributed by atoms with Crippen LogP contribution in [0.3, 0.4) is 0 Å². The number of aryl methyl sites for hydroxylation is 2. The molecule has 0 radical (unpaired) electrons. The Hall–Kier alpha value is -3.15. The predicted octanol–water partition coefficient (Wildman–Crippen LogP) is 4.30. The third-order valence-corrected chi connectivity index (χ3v) is 5.15. The lowest BCUT2D eigenvalue weighted by molar-refractivity contribution is 0.624. The van der Waals surface area contributed by atoms with Gasteiger partial charge in [0.05, 0.1) is 0 Å². The van der Waals surface area contributed by atoms with Crippen molar-refractivity contribution in [1.82, 2.24) is 9.97 Å². The van der Waals surface area contributed by atoms with Gasteiger partial charge in [0, 0.05) is 43.8 Å². The minimum absolute atomic E-state index is 0.202. The zero-order valence-electron chi connectivity index (χ0n) is 16.2. The van der Waals surface area contributed by atoms with E-state index in [1.165, 1.54) is 23.3 Å². The molecule has 2 heterocycles. The second-order valence-electron chi connectivity index (χ2n) is 7.08. The molecule has 0 unspecified atom stereocenters. The number of rotatable bonds is 4. The van der Waals surface area contributed by atoms with Crippen LogP contribution >= 0.6 is 0 Å². The molecule has 4 rings (SSSR count). The standard InChI is InChI=1S/C22H24FN5/c1-16-4-3-5-17(2)21(16)26-22-24-11-10-20(25-22)28-14-12-27(13-15-28)19-8-6-18(23)7-9-19/h3-11H,12-15H2,1-2H3,(H,24,25,26). The molecule has 0 aliphatic carbocycles. The van der Waals surface area contributed by atoms with Gasteiger partial charge in [-0.2, -0.15) is 4.98 Å². The quantitative estimate of drug-likeness (QED) is 0.734. The highest BCUT2D eigenvalue weighted by Gasteiger charge is 2.19. The number of para-hydroxylation sites is 1. The SMILES string of the molecule is Cc1cccc(C)c1Nc1nccc(N2CCN(c3ccc(F)cc3)CC2)n1. The summed E-state index contributed by atoms with van der Waals surface area (Å²) in [5.74, 6) is 1.32. The molecule has 28 heavy (non-hydrogen) atoms. The predicted molar refractivity (Wildman–Crippen MR) is 112 cm³/mol. The smallest absolute Gasteiger partial charge is 0.229 e. The van der Waals surface area contributed by atoms with Crippen molar-refractivity contribution < 1.29 is 4.39 Å². The fraction of sp³-hybridized carbons (Fsp3) is 0.273. The Kier molecular flexibility index (Phi) is 5.10. The molecule has 144 valence electrons. The van der Waals surface area contributed by atoms with E-state index in [0.717, 1.165) is 43.4 Å². The van der Waals surface area contributed by atoms with E-state index in [-0.39, 0.29) is 5.82 Å². The Bertz CT molecular complexity index is 929. The summed E-state index contributed by atoms with van der Waals surface area (Å²) in [7, 11) is 0. The van der Waals surface area contributed by atoms with E-state index in [1.807, 2.05) is 24.3 Å². The molecule has 1 aromatic heterocycles. The fourth-order valence-electron chi connectivity index (χ4n) is 3.55. The molecule has 1 fully saturated rings. The molecule has 0 spiro atoms. The summed E-state index contributed by atoms with van der Waals surface area (Å²) in [5.41, 5.74) is 4.45. The largest absolute Gasteiger partial charge is 0.368 e. The normalized spacial score (nSPS) is 14.2. The molecule has 0 atom stereocenters. The molecule has 3 aromatic rings. The van der Waals surface area contributed by atoms with Gasteiger partial charge < -0.3 is 15.1 Å². The summed E-state index contributed by atoms with van der Waals surface area (Å²) < 4.78 is 13.1. The van der Waals surface area contributed by atoms with Gasteiger partial charge in [0.25, 0.3) is 0 Å². The number of anilines is 4. The Balaban J connectivity index is 1.44. The zero-order valence-corrected chi connectivity index (χ0v) is 16.2. The van der Waals surface area contributed by atoms with Crippen LogP contribution in [0.2, 0.25) is 0 Å². The molecule has 1 N–H and O–H groups in total. The van der Waals surface area contributed by atoms with Crippen LogP contribution in [0, 0.1) is 19.7 Å². The van der Waals surface area contributed by atoms with Crippen LogP contribution in [0.1, 0.15) is 11.1 Å². The summed E-state index contributed by atoms with van der Waals surface area (Å²) >= 11 is 0. The second kappa shape index (κ2) is 7.84. The van der Waals surface area contributed by atoms with E-state index in [1.54, 1.807) is 6.20 Å². The zero-order chi connectivity index (χ0) is 19.5. The summed E-state index contributed by atoms with van der Waals surface area (Å²) in [5, 5.41) is 3.37. The summed E-state index contributed by atoms with van der Waals surface area (Å²) in [6, 6.07) is 14.8. The van der Waals surface area contributed by atoms with E-state index >= 15 is 0 Å². The maximum Gasteiger partial charge on any atom is 0.229 e. The highest BCUT2D eigenvalue weighted by Crippen LogP contribution is 2.24. The molecular formula is C22H24FN5. The lowest BCUT2D eigenvalue weighted by atomic mass is 10.1. The summed E-state index contributed by atoms with van der Waals surface area (Å²) in [6.07, 6.45) is 1.80. The van der Waals surface area contributed by atoms with Crippen LogP contribution in [-0.4, -0.2) is 36.1 Å². The average Bonchev–Trinajstić information content (AvgIpc) is 2.72. The van der Waals surface area contributed by atoms with Crippen molar-refractivity contribution in [2.45, 2.75) is 13.8 Å². The Morgan fingerprint density at radius 1 is 0.857 bits per heavy atom. The topological polar surface area (TPSA) is 44.3 Å². The first kappa shape index (κ1) is 18.2. The van der Waals surface area contributed by atoms with Crippen molar-refractivity contribution >= 4 is 23.1 Å². The van der Waals surface area contributed by atoms with Gasteiger partial charge in [-0.25, -0.2) is 9.37 Å². The third-order valence-electron chi connectivity index (χ3n) is 5.15. The number of halogens is 1. The monoisotopic (exact) mass is 377 g/mol. The number of aromatic nitrogens is 2. The molecular weight excluding hydrogens is 353 g/mol. The molecule has 5 nitrogen and oxygen atoms in total. The maximum atomic E-state index is 13.1. The summed E-state index contributed by atoms with van der Waals surface area (Å²) in [6.45, 7) is 7.61. The third kappa shape index (κ3) is 3.91. The minimum Gasteiger partial charge on any atom is -0.368 e. The Morgan fingerprint density at radius 3 is 2.18 bits per heavy atom. The van der Waals surface area contributed by atoms with Crippen LogP contribution in [0.25, 0.3) is 0 Å². The van der Waals surface area contributed by atoms with E-state index in [0.29, 0.717) is 5.95 Å². The number of hydrogen-bond acceptors (Lipinski definition) is 5. The van der Waals surface area contributed by atoms with Gasteiger partial charge in [-0.05, 0) is 55.3 Å². The first-order valence-electron chi connectivity index (χ1n) is 9.52. The molecule has 0 bridgehead atoms. The van der Waals surface area contributed by atoms with Gasteiger partial charge in [-0.3, -0.25) is 0 Å². The molecule has 1 saturated heterocycles. The van der Waals surface area contributed by atoms with Crippen molar-refractivity contribution in [2.75, 3.05) is 41.3 Å². The van der Waals surface area contributed by atoms with Gasteiger partial charge >= 0.3 is 0 Å². The lowest BCUT2D eigenvalue weighted by Gasteiger charge is -2.36. The van der Waals surface area contributed by atoms with Gasteiger partial charge in [-0.1, -0.05) is 18.2 Å². The second-order valence-corrected chi connectivity index (χ2v) is 7.08. The van der Waals surface area contributed by atoms with Gasteiger partial charge in [-0.15, -0.1) is 0 Å². The molecule has 1 aliphatic rings. The lowest BCUT2D eigenvalue weighted by Crippen LogP contribution is -2.46. The van der Waals surface area contributed by atoms with Crippen molar-refractivity contribution in [3.05, 3.63) is 71.7 Å². The van der Waals surface area contributed by atoms with Crippen molar-refractivity contribution in [2.24, 2.45) is 0 Å². The fourth-order valence-corrected chi connectivity index (χ4v) is 3.55. The molecule has 0 saturated carbocycles. The molecule has 6 heteroatoms. The van der Waals surface area contributed by atoms with E-state index in [9.17, 15) is 4.39 Å². The van der Waals surface area contributed by atoms with Crippen LogP contribution in [0.5, 0.6) is 0 Å². The number of nitrogens with one attached hydrogen (secondary N) is 1. The number of hydrogen-bond donors (Lipinski definition) is 1. The highest BCUT2D eigenvalue weighted by atomic mass is 19.1. The van der Waals surface area contributed by atoms with E-state index < -0.39 is 0 Å². The van der Waals surface area contributed by atoms with Gasteiger partial charge in [0.2, 0.25) is 5.95 Å². The number of nitrogens with zero attached hydrogens (tertiary/aromatic N) is 4. The molecule has 0 amide bonds. The number of piperazine rings is 1. The highest BCUT2D eigenvalue weighted by molar-refractivity contribution is 5.63. The van der Waals surface area contributed by atoms with Crippen LogP contribution in [0.15, 0.2) is 54.7 Å². The first-order valence-corrected chi connectivity index (χ1v) is 9.52. The average molecular weight is 377 g/mol. The molecule has 1 aliphatic heterocycles. The van der Waals surface area contributed by atoms with Crippen LogP contribution < -0.4 is 15.1 Å². The molecule has 2 aromatic carbocycles. The van der Waals surface area contributed by atoms with Crippen LogP contribution in [0.4, 0.5) is 27.5 Å².